The molecule has 6 nitrogen and oxygen atoms in total. The number of carbonyl (C=O) groups is 2. The van der Waals surface area contributed by atoms with Gasteiger partial charge in [-0.15, -0.1) is 0 Å². The lowest BCUT2D eigenvalue weighted by Crippen LogP contribution is -2.42. The van der Waals surface area contributed by atoms with Gasteiger partial charge in [-0.1, -0.05) is 0 Å². The topological polar surface area (TPSA) is 89.9 Å². The first kappa shape index (κ1) is 11.9. The molecule has 17 heavy (non-hydrogen) atoms. The first-order chi connectivity index (χ1) is 8.08. The van der Waals surface area contributed by atoms with Crippen LogP contribution in [0.2, 0.25) is 0 Å². The molecule has 1 aliphatic rings. The normalized spacial score (nSPS) is 23.7. The van der Waals surface area contributed by atoms with Crippen LogP contribution in [-0.4, -0.2) is 45.8 Å². The first-order valence-corrected chi connectivity index (χ1v) is 6.03. The van der Waals surface area contributed by atoms with Gasteiger partial charge in [0, 0.05) is 18.3 Å². The average Bonchev–Trinajstić information content (AvgIpc) is 2.86. The zero-order chi connectivity index (χ0) is 12.4. The van der Waals surface area contributed by atoms with E-state index in [2.05, 4.69) is 5.32 Å². The predicted molar refractivity (Wildman–Crippen MR) is 62.1 cm³/mol. The van der Waals surface area contributed by atoms with Crippen LogP contribution in [0.3, 0.4) is 0 Å². The lowest BCUT2D eigenvalue weighted by atomic mass is 10.2. The van der Waals surface area contributed by atoms with E-state index < -0.39 is 24.1 Å². The third kappa shape index (κ3) is 2.56. The van der Waals surface area contributed by atoms with Gasteiger partial charge in [0.25, 0.3) is 0 Å². The van der Waals surface area contributed by atoms with Gasteiger partial charge >= 0.3 is 12.0 Å². The van der Waals surface area contributed by atoms with Crippen molar-refractivity contribution in [2.75, 3.05) is 11.9 Å². The lowest BCUT2D eigenvalue weighted by Gasteiger charge is -2.21. The molecule has 92 valence electrons. The minimum absolute atomic E-state index is 0.0485. The Morgan fingerprint density at radius 1 is 1.53 bits per heavy atom. The van der Waals surface area contributed by atoms with Crippen LogP contribution in [-0.2, 0) is 4.79 Å². The van der Waals surface area contributed by atoms with E-state index in [-0.39, 0.29) is 13.0 Å². The Balaban J connectivity index is 2.05. The minimum atomic E-state index is -1.10. The molecule has 1 fully saturated rings. The Hall–Kier alpha value is -1.60. The Kier molecular flexibility index (Phi) is 3.30. The van der Waals surface area contributed by atoms with E-state index in [1.54, 1.807) is 11.4 Å². The van der Waals surface area contributed by atoms with Crippen LogP contribution in [0, 0.1) is 0 Å². The quantitative estimate of drug-likeness (QED) is 0.730. The van der Waals surface area contributed by atoms with Gasteiger partial charge in [-0.2, -0.15) is 11.3 Å². The van der Waals surface area contributed by atoms with Crippen molar-refractivity contribution in [2.24, 2.45) is 0 Å². The number of aliphatic hydroxyl groups is 1. The van der Waals surface area contributed by atoms with Gasteiger partial charge in [0.2, 0.25) is 0 Å². The van der Waals surface area contributed by atoms with Crippen molar-refractivity contribution in [3.8, 4) is 0 Å². The second-order valence-electron chi connectivity index (χ2n) is 3.84. The lowest BCUT2D eigenvalue weighted by molar-refractivity contribution is -0.141. The molecule has 3 N–H and O–H groups in total. The molecule has 0 radical (unpaired) electrons. The number of nitrogens with zero attached hydrogens (tertiary/aromatic N) is 1. The number of carbonyl (C=O) groups excluding carboxylic acids is 1. The second-order valence-corrected chi connectivity index (χ2v) is 4.62. The van der Waals surface area contributed by atoms with Gasteiger partial charge in [0.05, 0.1) is 11.8 Å². The number of β-amino-alcohol motifs (C(OH)–C–C–N with tert-alkyl or cyclic N) is 1. The van der Waals surface area contributed by atoms with E-state index >= 15 is 0 Å². The highest BCUT2D eigenvalue weighted by Gasteiger charge is 2.38. The highest BCUT2D eigenvalue weighted by molar-refractivity contribution is 7.08. The van der Waals surface area contributed by atoms with Gasteiger partial charge in [-0.25, -0.2) is 9.59 Å². The maximum atomic E-state index is 11.8. The molecule has 7 heteroatoms. The second kappa shape index (κ2) is 4.72. The molecule has 2 heterocycles. The molecule has 2 unspecified atom stereocenters. The average molecular weight is 256 g/mol. The fourth-order valence-electron chi connectivity index (χ4n) is 1.80. The van der Waals surface area contributed by atoms with Crippen LogP contribution < -0.4 is 5.32 Å². The standard InChI is InChI=1S/C10H12N2O4S/c13-7-3-8(9(14)15)12(4-7)10(16)11-6-1-2-17-5-6/h1-2,5,7-8,13H,3-4H2,(H,11,16)(H,14,15). The molecular formula is C10H12N2O4S. The summed E-state index contributed by atoms with van der Waals surface area (Å²) < 4.78 is 0. The van der Waals surface area contributed by atoms with E-state index in [9.17, 15) is 14.7 Å². The molecule has 0 spiro atoms. The Bertz CT molecular complexity index is 420. The molecular weight excluding hydrogens is 244 g/mol. The number of aliphatic hydroxyl groups excluding tert-OH is 1. The molecule has 2 rings (SSSR count). The van der Waals surface area contributed by atoms with Crippen molar-refractivity contribution in [3.05, 3.63) is 16.8 Å². The van der Waals surface area contributed by atoms with E-state index in [0.717, 1.165) is 4.90 Å². The van der Waals surface area contributed by atoms with E-state index in [1.165, 1.54) is 11.3 Å². The van der Waals surface area contributed by atoms with Crippen molar-refractivity contribution in [3.63, 3.8) is 0 Å². The number of carboxylic acid groups (broad SMARTS) is 1. The number of hydrogen-bond donors (Lipinski definition) is 3. The maximum Gasteiger partial charge on any atom is 0.326 e. The molecule has 1 aliphatic heterocycles. The smallest absolute Gasteiger partial charge is 0.326 e. The van der Waals surface area contributed by atoms with Crippen molar-refractivity contribution in [1.82, 2.24) is 4.90 Å². The third-order valence-corrected chi connectivity index (χ3v) is 3.28. The van der Waals surface area contributed by atoms with Gasteiger partial charge in [-0.05, 0) is 11.4 Å². The predicted octanol–water partition coefficient (Wildman–Crippen LogP) is 0.800. The van der Waals surface area contributed by atoms with Crippen LogP contribution in [0.15, 0.2) is 16.8 Å². The van der Waals surface area contributed by atoms with Crippen molar-refractivity contribution in [2.45, 2.75) is 18.6 Å². The summed E-state index contributed by atoms with van der Waals surface area (Å²) in [6.45, 7) is 0.0485. The Labute approximate surface area is 101 Å². The van der Waals surface area contributed by atoms with Crippen LogP contribution in [0.4, 0.5) is 10.5 Å². The van der Waals surface area contributed by atoms with Crippen LogP contribution in [0.1, 0.15) is 6.42 Å². The van der Waals surface area contributed by atoms with E-state index in [4.69, 9.17) is 5.11 Å². The number of urea groups is 1. The molecule has 2 atom stereocenters. The molecule has 2 amide bonds. The third-order valence-electron chi connectivity index (χ3n) is 2.60. The highest BCUT2D eigenvalue weighted by Crippen LogP contribution is 2.20. The van der Waals surface area contributed by atoms with Crippen LogP contribution in [0.5, 0.6) is 0 Å². The summed E-state index contributed by atoms with van der Waals surface area (Å²) >= 11 is 1.43. The summed E-state index contributed by atoms with van der Waals surface area (Å²) in [6, 6.07) is 0.279. The van der Waals surface area contributed by atoms with Crippen LogP contribution in [0.25, 0.3) is 0 Å². The number of nitrogens with one attached hydrogen (secondary N) is 1. The molecule has 1 aromatic rings. The number of rotatable bonds is 2. The van der Waals surface area contributed by atoms with Gasteiger partial charge in [-0.3, -0.25) is 0 Å². The summed E-state index contributed by atoms with van der Waals surface area (Å²) in [5.41, 5.74) is 0.630. The summed E-state index contributed by atoms with van der Waals surface area (Å²) in [5.74, 6) is -1.10. The number of likely N-dealkylation sites (tertiary alicyclic amines) is 1. The molecule has 0 bridgehead atoms. The minimum Gasteiger partial charge on any atom is -0.480 e. The van der Waals surface area contributed by atoms with Crippen molar-refractivity contribution < 1.29 is 19.8 Å². The largest absolute Gasteiger partial charge is 0.480 e. The van der Waals surface area contributed by atoms with Gasteiger partial charge < -0.3 is 20.4 Å². The molecule has 0 aromatic carbocycles. The van der Waals surface area contributed by atoms with Gasteiger partial charge in [0.15, 0.2) is 0 Å². The zero-order valence-corrected chi connectivity index (χ0v) is 9.68. The number of hydrogen-bond acceptors (Lipinski definition) is 4. The van der Waals surface area contributed by atoms with Crippen molar-refractivity contribution >= 4 is 29.0 Å². The fourth-order valence-corrected chi connectivity index (χ4v) is 2.39. The van der Waals surface area contributed by atoms with E-state index in [0.29, 0.717) is 5.69 Å². The zero-order valence-electron chi connectivity index (χ0n) is 8.87. The van der Waals surface area contributed by atoms with E-state index in [1.807, 2.05) is 5.38 Å². The number of amides is 2. The summed E-state index contributed by atoms with van der Waals surface area (Å²) in [6.07, 6.45) is -0.698. The molecule has 0 aliphatic carbocycles. The molecule has 0 saturated carbocycles. The Morgan fingerprint density at radius 3 is 2.88 bits per heavy atom. The number of anilines is 1. The number of aliphatic carboxylic acids is 1. The summed E-state index contributed by atoms with van der Waals surface area (Å²) in [7, 11) is 0. The van der Waals surface area contributed by atoms with Crippen molar-refractivity contribution in [1.29, 1.82) is 0 Å². The van der Waals surface area contributed by atoms with Crippen LogP contribution >= 0.6 is 11.3 Å². The molecule has 1 saturated heterocycles. The fraction of sp³-hybridized carbons (Fsp3) is 0.400. The number of thiophene rings is 1. The SMILES string of the molecule is O=C(O)C1CC(O)CN1C(=O)Nc1ccsc1. The Morgan fingerprint density at radius 2 is 2.29 bits per heavy atom. The highest BCUT2D eigenvalue weighted by atomic mass is 32.1. The monoisotopic (exact) mass is 256 g/mol. The number of carboxylic acids is 1. The summed E-state index contributed by atoms with van der Waals surface area (Å²) in [5, 5.41) is 24.5. The maximum absolute atomic E-state index is 11.8. The summed E-state index contributed by atoms with van der Waals surface area (Å²) in [4.78, 5) is 23.9. The first-order valence-electron chi connectivity index (χ1n) is 5.08. The molecule has 1 aromatic heterocycles. The van der Waals surface area contributed by atoms with Gasteiger partial charge in [0.1, 0.15) is 6.04 Å².